The van der Waals surface area contributed by atoms with Gasteiger partial charge in [0, 0.05) is 18.4 Å². The van der Waals surface area contributed by atoms with E-state index in [4.69, 9.17) is 9.72 Å². The van der Waals surface area contributed by atoms with Crippen LogP contribution in [0, 0.1) is 11.6 Å². The van der Waals surface area contributed by atoms with E-state index >= 15 is 0 Å². The summed E-state index contributed by atoms with van der Waals surface area (Å²) in [5.74, 6) is -2.51. The summed E-state index contributed by atoms with van der Waals surface area (Å²) < 4.78 is 84.2. The van der Waals surface area contributed by atoms with Crippen LogP contribution >= 0.6 is 11.3 Å². The van der Waals surface area contributed by atoms with Gasteiger partial charge in [-0.2, -0.15) is 0 Å². The molecule has 0 atom stereocenters. The van der Waals surface area contributed by atoms with Gasteiger partial charge in [-0.3, -0.25) is 4.98 Å². The molecule has 0 aliphatic carbocycles. The Kier molecular flexibility index (Phi) is 8.96. The monoisotopic (exact) mass is 671 g/mol. The summed E-state index contributed by atoms with van der Waals surface area (Å²) in [4.78, 5) is 17.9. The number of aromatic nitrogens is 4. The molecule has 5 aromatic rings. The van der Waals surface area contributed by atoms with Gasteiger partial charge in [0.05, 0.1) is 50.4 Å². The third-order valence-electron chi connectivity index (χ3n) is 6.49. The average Bonchev–Trinajstić information content (AvgIpc) is 3.43. The van der Waals surface area contributed by atoms with Gasteiger partial charge < -0.3 is 10.1 Å². The third kappa shape index (κ3) is 7.00. The predicted octanol–water partition coefficient (Wildman–Crippen LogP) is 6.19. The highest BCUT2D eigenvalue weighted by Crippen LogP contribution is 2.38. The maximum atomic E-state index is 14.3. The number of thiazole rings is 1. The number of ether oxygens (including phenoxy) is 1. The van der Waals surface area contributed by atoms with E-state index in [9.17, 15) is 25.6 Å². The molecule has 0 unspecified atom stereocenters. The lowest BCUT2D eigenvalue weighted by Crippen LogP contribution is -2.11. The normalized spacial score (nSPS) is 12.0. The Morgan fingerprint density at radius 2 is 1.62 bits per heavy atom. The van der Waals surface area contributed by atoms with Crippen LogP contribution in [0.5, 0.6) is 5.75 Å². The molecule has 0 saturated heterocycles. The number of anilines is 2. The summed E-state index contributed by atoms with van der Waals surface area (Å²) in [6.45, 7) is 3.94. The van der Waals surface area contributed by atoms with Crippen molar-refractivity contribution in [1.29, 1.82) is 0 Å². The molecule has 10 nitrogen and oxygen atoms in total. The van der Waals surface area contributed by atoms with Gasteiger partial charge in [-0.15, -0.1) is 11.3 Å². The number of nitrogens with zero attached hydrogens (tertiary/aromatic N) is 4. The standard InChI is InChI=1S/C30H27F2N5O5S3/c1-17(2)29-37-26(22-10-5-7-18(34-22)16-45(40,41)28-20(31)8-6-9-21(28)32)27(43-29)23-13-14-33-30(35-23)36-24-15-19(44(4,38)39)11-12-25(24)42-3/h5-15,17H,16H2,1-4H3,(H,33,35,36). The number of sulfone groups is 2. The first-order valence-corrected chi connectivity index (χ1v) is 17.7. The molecule has 1 N–H and O–H groups in total. The van der Waals surface area contributed by atoms with Crippen LogP contribution in [0.3, 0.4) is 0 Å². The first-order valence-electron chi connectivity index (χ1n) is 13.4. The van der Waals surface area contributed by atoms with Crippen molar-refractivity contribution in [3.63, 3.8) is 0 Å². The summed E-state index contributed by atoms with van der Waals surface area (Å²) >= 11 is 1.37. The topological polar surface area (TPSA) is 141 Å². The minimum absolute atomic E-state index is 0.0394. The number of hydrogen-bond donors (Lipinski definition) is 1. The van der Waals surface area contributed by atoms with E-state index in [1.165, 1.54) is 48.9 Å². The van der Waals surface area contributed by atoms with E-state index in [1.54, 1.807) is 18.2 Å². The Labute approximate surface area is 263 Å². The van der Waals surface area contributed by atoms with E-state index < -0.39 is 42.0 Å². The summed E-state index contributed by atoms with van der Waals surface area (Å²) in [6.07, 6.45) is 2.62. The fourth-order valence-electron chi connectivity index (χ4n) is 4.35. The van der Waals surface area contributed by atoms with E-state index in [-0.39, 0.29) is 22.5 Å². The molecule has 15 heteroatoms. The molecule has 0 aliphatic rings. The van der Waals surface area contributed by atoms with Crippen molar-refractivity contribution in [3.8, 4) is 27.7 Å². The molecule has 234 valence electrons. The molecule has 5 rings (SSSR count). The van der Waals surface area contributed by atoms with Gasteiger partial charge in [-0.25, -0.2) is 40.6 Å². The van der Waals surface area contributed by atoms with E-state index in [0.29, 0.717) is 33.4 Å². The zero-order valence-corrected chi connectivity index (χ0v) is 26.9. The summed E-state index contributed by atoms with van der Waals surface area (Å²) in [5.41, 5.74) is 1.65. The molecule has 3 aromatic heterocycles. The van der Waals surface area contributed by atoms with Gasteiger partial charge >= 0.3 is 0 Å². The molecule has 0 fully saturated rings. The van der Waals surface area contributed by atoms with Crippen molar-refractivity contribution < 1.29 is 30.4 Å². The van der Waals surface area contributed by atoms with Crippen LogP contribution < -0.4 is 10.1 Å². The average molecular weight is 672 g/mol. The Morgan fingerprint density at radius 3 is 2.29 bits per heavy atom. The molecule has 0 spiro atoms. The summed E-state index contributed by atoms with van der Waals surface area (Å²) in [5, 5.41) is 3.79. The Hall–Kier alpha value is -4.34. The second kappa shape index (κ2) is 12.6. The Balaban J connectivity index is 1.53. The lowest BCUT2D eigenvalue weighted by molar-refractivity contribution is 0.416. The van der Waals surface area contributed by atoms with Crippen molar-refractivity contribution >= 4 is 42.6 Å². The number of halogens is 2. The fraction of sp³-hybridized carbons (Fsp3) is 0.200. The van der Waals surface area contributed by atoms with Crippen LogP contribution in [0.25, 0.3) is 22.0 Å². The molecule has 0 saturated carbocycles. The van der Waals surface area contributed by atoms with Crippen molar-refractivity contribution in [1.82, 2.24) is 19.9 Å². The molecule has 0 amide bonds. The molecule has 45 heavy (non-hydrogen) atoms. The highest BCUT2D eigenvalue weighted by molar-refractivity contribution is 7.91. The number of nitrogens with one attached hydrogen (secondary N) is 1. The van der Waals surface area contributed by atoms with Crippen LogP contribution in [0.1, 0.15) is 30.5 Å². The molecule has 0 aliphatic heterocycles. The fourth-order valence-corrected chi connectivity index (χ4v) is 7.47. The highest BCUT2D eigenvalue weighted by atomic mass is 32.2. The SMILES string of the molecule is COc1ccc(S(C)(=O)=O)cc1Nc1nccc(-c2sc(C(C)C)nc2-c2cccc(CS(=O)(=O)c3c(F)cccc3F)n2)n1. The quantitative estimate of drug-likeness (QED) is 0.183. The number of benzene rings is 2. The maximum Gasteiger partial charge on any atom is 0.227 e. The second-order valence-corrected chi connectivity index (χ2v) is 15.2. The number of methoxy groups -OCH3 is 1. The van der Waals surface area contributed by atoms with Crippen LogP contribution in [0.15, 0.2) is 76.7 Å². The molecular formula is C30H27F2N5O5S3. The van der Waals surface area contributed by atoms with Crippen LogP contribution in [0.2, 0.25) is 0 Å². The smallest absolute Gasteiger partial charge is 0.227 e. The number of rotatable bonds is 10. The zero-order valence-electron chi connectivity index (χ0n) is 24.4. The lowest BCUT2D eigenvalue weighted by Gasteiger charge is -2.12. The predicted molar refractivity (Wildman–Crippen MR) is 167 cm³/mol. The van der Waals surface area contributed by atoms with E-state index in [0.717, 1.165) is 29.5 Å². The molecule has 0 bridgehead atoms. The number of pyridine rings is 1. The van der Waals surface area contributed by atoms with Crippen LogP contribution in [-0.2, 0) is 25.4 Å². The second-order valence-electron chi connectivity index (χ2n) is 10.2. The van der Waals surface area contributed by atoms with E-state index in [1.807, 2.05) is 13.8 Å². The first kappa shape index (κ1) is 32.1. The zero-order chi connectivity index (χ0) is 32.5. The number of hydrogen-bond acceptors (Lipinski definition) is 11. The Bertz CT molecular complexity index is 2100. The van der Waals surface area contributed by atoms with Gasteiger partial charge in [-0.1, -0.05) is 26.0 Å². The Morgan fingerprint density at radius 1 is 0.911 bits per heavy atom. The van der Waals surface area contributed by atoms with Gasteiger partial charge in [0.15, 0.2) is 19.7 Å². The lowest BCUT2D eigenvalue weighted by atomic mass is 10.2. The minimum Gasteiger partial charge on any atom is -0.495 e. The molecule has 2 aromatic carbocycles. The summed E-state index contributed by atoms with van der Waals surface area (Å²) in [6, 6.07) is 13.6. The van der Waals surface area contributed by atoms with Crippen LogP contribution in [-0.4, -0.2) is 50.1 Å². The van der Waals surface area contributed by atoms with Gasteiger partial charge in [0.2, 0.25) is 5.95 Å². The largest absolute Gasteiger partial charge is 0.495 e. The van der Waals surface area contributed by atoms with Gasteiger partial charge in [0.25, 0.3) is 0 Å². The minimum atomic E-state index is -4.40. The maximum absolute atomic E-state index is 14.3. The van der Waals surface area contributed by atoms with Crippen molar-refractivity contribution in [3.05, 3.63) is 89.2 Å². The van der Waals surface area contributed by atoms with Gasteiger partial charge in [-0.05, 0) is 48.5 Å². The van der Waals surface area contributed by atoms with Crippen LogP contribution in [0.4, 0.5) is 20.4 Å². The van der Waals surface area contributed by atoms with Crippen molar-refractivity contribution in [2.45, 2.75) is 35.3 Å². The molecule has 0 radical (unpaired) electrons. The van der Waals surface area contributed by atoms with Gasteiger partial charge in [0.1, 0.15) is 28.0 Å². The first-order chi connectivity index (χ1) is 21.3. The molecule has 3 heterocycles. The van der Waals surface area contributed by atoms with E-state index in [2.05, 4.69) is 20.3 Å². The highest BCUT2D eigenvalue weighted by Gasteiger charge is 2.26. The molecular weight excluding hydrogens is 645 g/mol. The third-order valence-corrected chi connectivity index (χ3v) is 10.7. The summed E-state index contributed by atoms with van der Waals surface area (Å²) in [7, 11) is -6.45. The van der Waals surface area contributed by atoms with Crippen molar-refractivity contribution in [2.24, 2.45) is 0 Å². The van der Waals surface area contributed by atoms with Crippen molar-refractivity contribution in [2.75, 3.05) is 18.7 Å².